The molecule has 2 heterocycles. The average molecular weight is 281 g/mol. The van der Waals surface area contributed by atoms with Crippen molar-refractivity contribution in [2.45, 2.75) is 6.18 Å². The monoisotopic (exact) mass is 281 g/mol. The minimum atomic E-state index is -4.50. The highest BCUT2D eigenvalue weighted by atomic mass is 19.4. The third-order valence-corrected chi connectivity index (χ3v) is 2.56. The zero-order valence-electron chi connectivity index (χ0n) is 9.76. The summed E-state index contributed by atoms with van der Waals surface area (Å²) in [5, 5.41) is 7.16. The molecule has 2 aromatic heterocycles. The molecule has 20 heavy (non-hydrogen) atoms. The van der Waals surface area contributed by atoms with Crippen LogP contribution < -0.4 is 0 Å². The first-order chi connectivity index (χ1) is 9.55. The standard InChI is InChI=1S/C12H6F3N3O2/c13-12(14,15)8-4-2-1-3-7(8)11-16-10(18-20-11)9-5-6-19-17-9/h1-6H. The van der Waals surface area contributed by atoms with Crippen LogP contribution in [-0.4, -0.2) is 15.3 Å². The van der Waals surface area contributed by atoms with Crippen LogP contribution in [-0.2, 0) is 6.18 Å². The molecule has 3 rings (SSSR count). The molecule has 0 saturated carbocycles. The maximum atomic E-state index is 12.9. The van der Waals surface area contributed by atoms with Crippen molar-refractivity contribution in [1.82, 2.24) is 15.3 Å². The second-order valence-electron chi connectivity index (χ2n) is 3.85. The van der Waals surface area contributed by atoms with Gasteiger partial charge in [0, 0.05) is 6.07 Å². The van der Waals surface area contributed by atoms with Gasteiger partial charge in [0.05, 0.1) is 11.1 Å². The highest BCUT2D eigenvalue weighted by Gasteiger charge is 2.34. The van der Waals surface area contributed by atoms with Gasteiger partial charge in [-0.3, -0.25) is 0 Å². The van der Waals surface area contributed by atoms with Gasteiger partial charge in [0.1, 0.15) is 6.26 Å². The molecule has 0 saturated heterocycles. The quantitative estimate of drug-likeness (QED) is 0.720. The highest BCUT2D eigenvalue weighted by molar-refractivity contribution is 5.61. The summed E-state index contributed by atoms with van der Waals surface area (Å²) in [5.74, 6) is -0.165. The van der Waals surface area contributed by atoms with Crippen molar-refractivity contribution in [2.24, 2.45) is 0 Å². The Morgan fingerprint density at radius 1 is 1.00 bits per heavy atom. The summed E-state index contributed by atoms with van der Waals surface area (Å²) in [6.07, 6.45) is -3.20. The van der Waals surface area contributed by atoms with E-state index in [1.54, 1.807) is 0 Å². The highest BCUT2D eigenvalue weighted by Crippen LogP contribution is 2.36. The van der Waals surface area contributed by atoms with E-state index in [9.17, 15) is 13.2 Å². The van der Waals surface area contributed by atoms with Crippen LogP contribution in [0.5, 0.6) is 0 Å². The molecule has 0 bridgehead atoms. The predicted octanol–water partition coefficient (Wildman–Crippen LogP) is 3.41. The van der Waals surface area contributed by atoms with Crippen LogP contribution in [0.4, 0.5) is 13.2 Å². The van der Waals surface area contributed by atoms with Gasteiger partial charge in [0.2, 0.25) is 5.82 Å². The summed E-state index contributed by atoms with van der Waals surface area (Å²) < 4.78 is 48.2. The Balaban J connectivity index is 2.07. The number of nitrogens with zero attached hydrogens (tertiary/aromatic N) is 3. The van der Waals surface area contributed by atoms with Gasteiger partial charge in [-0.15, -0.1) is 0 Å². The van der Waals surface area contributed by atoms with Crippen molar-refractivity contribution in [1.29, 1.82) is 0 Å². The Labute approximate surface area is 110 Å². The van der Waals surface area contributed by atoms with Gasteiger partial charge < -0.3 is 9.05 Å². The van der Waals surface area contributed by atoms with Crippen LogP contribution in [0.2, 0.25) is 0 Å². The number of alkyl halides is 3. The lowest BCUT2D eigenvalue weighted by Gasteiger charge is -2.09. The molecule has 0 atom stereocenters. The summed E-state index contributed by atoms with van der Waals surface area (Å²) in [4.78, 5) is 3.90. The number of aromatic nitrogens is 3. The van der Waals surface area contributed by atoms with Gasteiger partial charge in [0.15, 0.2) is 5.69 Å². The summed E-state index contributed by atoms with van der Waals surface area (Å²) in [6, 6.07) is 6.45. The van der Waals surface area contributed by atoms with Crippen LogP contribution in [0, 0.1) is 0 Å². The maximum Gasteiger partial charge on any atom is 0.417 e. The molecule has 0 amide bonds. The summed E-state index contributed by atoms with van der Waals surface area (Å²) in [6.45, 7) is 0. The van der Waals surface area contributed by atoms with Gasteiger partial charge in [-0.25, -0.2) is 0 Å². The second-order valence-corrected chi connectivity index (χ2v) is 3.85. The zero-order valence-corrected chi connectivity index (χ0v) is 9.76. The van der Waals surface area contributed by atoms with E-state index in [1.807, 2.05) is 0 Å². The first kappa shape index (κ1) is 12.4. The van der Waals surface area contributed by atoms with Crippen molar-refractivity contribution < 1.29 is 22.2 Å². The maximum absolute atomic E-state index is 12.9. The Morgan fingerprint density at radius 3 is 2.50 bits per heavy atom. The molecular weight excluding hydrogens is 275 g/mol. The van der Waals surface area contributed by atoms with Crippen molar-refractivity contribution in [3.8, 4) is 23.0 Å². The molecule has 5 nitrogen and oxygen atoms in total. The third-order valence-electron chi connectivity index (χ3n) is 2.56. The van der Waals surface area contributed by atoms with Crippen molar-refractivity contribution >= 4 is 0 Å². The first-order valence-electron chi connectivity index (χ1n) is 5.47. The molecule has 0 fully saturated rings. The van der Waals surface area contributed by atoms with Crippen molar-refractivity contribution in [3.63, 3.8) is 0 Å². The number of rotatable bonds is 2. The van der Waals surface area contributed by atoms with Gasteiger partial charge in [-0.05, 0) is 12.1 Å². The normalized spacial score (nSPS) is 11.8. The lowest BCUT2D eigenvalue weighted by molar-refractivity contribution is -0.137. The van der Waals surface area contributed by atoms with E-state index in [2.05, 4.69) is 19.8 Å². The van der Waals surface area contributed by atoms with Gasteiger partial charge >= 0.3 is 6.18 Å². The van der Waals surface area contributed by atoms with E-state index in [1.165, 1.54) is 30.5 Å². The summed E-state index contributed by atoms with van der Waals surface area (Å²) in [7, 11) is 0. The molecule has 0 spiro atoms. The average Bonchev–Trinajstić information content (AvgIpc) is 3.09. The summed E-state index contributed by atoms with van der Waals surface area (Å²) in [5.41, 5.74) is -0.734. The molecule has 3 aromatic rings. The molecule has 0 radical (unpaired) electrons. The lowest BCUT2D eigenvalue weighted by Crippen LogP contribution is -2.06. The molecule has 0 aliphatic carbocycles. The van der Waals surface area contributed by atoms with Crippen LogP contribution in [0.3, 0.4) is 0 Å². The first-order valence-corrected chi connectivity index (χ1v) is 5.47. The van der Waals surface area contributed by atoms with Crippen molar-refractivity contribution in [2.75, 3.05) is 0 Å². The molecule has 0 aliphatic rings. The van der Waals surface area contributed by atoms with Crippen molar-refractivity contribution in [3.05, 3.63) is 42.2 Å². The van der Waals surface area contributed by atoms with E-state index in [0.717, 1.165) is 6.07 Å². The Morgan fingerprint density at radius 2 is 1.80 bits per heavy atom. The smallest absolute Gasteiger partial charge is 0.364 e. The number of hydrogen-bond donors (Lipinski definition) is 0. The van der Waals surface area contributed by atoms with Crippen LogP contribution in [0.1, 0.15) is 5.56 Å². The minimum absolute atomic E-state index is 0.0609. The fraction of sp³-hybridized carbons (Fsp3) is 0.0833. The largest absolute Gasteiger partial charge is 0.417 e. The molecule has 1 aromatic carbocycles. The van der Waals surface area contributed by atoms with E-state index < -0.39 is 11.7 Å². The van der Waals surface area contributed by atoms with Gasteiger partial charge in [-0.2, -0.15) is 18.2 Å². The Hall–Kier alpha value is -2.64. The van der Waals surface area contributed by atoms with Crippen LogP contribution >= 0.6 is 0 Å². The molecule has 8 heteroatoms. The lowest BCUT2D eigenvalue weighted by atomic mass is 10.1. The van der Waals surface area contributed by atoms with E-state index in [0.29, 0.717) is 0 Å². The fourth-order valence-electron chi connectivity index (χ4n) is 1.68. The number of benzene rings is 1. The van der Waals surface area contributed by atoms with E-state index in [4.69, 9.17) is 4.52 Å². The van der Waals surface area contributed by atoms with Crippen LogP contribution in [0.25, 0.3) is 23.0 Å². The Kier molecular flexibility index (Phi) is 2.78. The molecule has 102 valence electrons. The SMILES string of the molecule is FC(F)(F)c1ccccc1-c1nc(-c2ccon2)no1. The number of halogens is 3. The predicted molar refractivity (Wildman–Crippen MR) is 60.2 cm³/mol. The molecule has 0 aliphatic heterocycles. The topological polar surface area (TPSA) is 65.0 Å². The van der Waals surface area contributed by atoms with Gasteiger partial charge in [0.25, 0.3) is 5.89 Å². The molecular formula is C12H6F3N3O2. The Bertz CT molecular complexity index is 720. The van der Waals surface area contributed by atoms with E-state index >= 15 is 0 Å². The van der Waals surface area contributed by atoms with E-state index in [-0.39, 0.29) is 23.0 Å². The number of hydrogen-bond acceptors (Lipinski definition) is 5. The zero-order chi connectivity index (χ0) is 14.2. The second kappa shape index (κ2) is 4.48. The molecule has 0 unspecified atom stereocenters. The van der Waals surface area contributed by atoms with Gasteiger partial charge in [-0.1, -0.05) is 22.4 Å². The summed E-state index contributed by atoms with van der Waals surface area (Å²) >= 11 is 0. The molecule has 0 N–H and O–H groups in total. The van der Waals surface area contributed by atoms with Crippen LogP contribution in [0.15, 0.2) is 45.6 Å². The minimum Gasteiger partial charge on any atom is -0.364 e. The third kappa shape index (κ3) is 2.15. The fourth-order valence-corrected chi connectivity index (χ4v) is 1.68.